The largest absolute Gasteiger partial charge is 0.324 e. The quantitative estimate of drug-likeness (QED) is 0.460. The summed E-state index contributed by atoms with van der Waals surface area (Å²) in [5, 5.41) is 0. The number of hydrogen-bond acceptors (Lipinski definition) is 1. The molecule has 1 unspecified atom stereocenters. The first-order valence-electron chi connectivity index (χ1n) is 3.86. The van der Waals surface area contributed by atoms with Gasteiger partial charge in [-0.25, -0.2) is 4.57 Å². The predicted molar refractivity (Wildman–Crippen MR) is 48.5 cm³/mol. The Bertz CT molecular complexity index is 89.1. The summed E-state index contributed by atoms with van der Waals surface area (Å²) in [5.74, 6) is 2.40. The van der Waals surface area contributed by atoms with E-state index in [9.17, 15) is 0 Å². The monoisotopic (exact) mass is 232 g/mol. The molecule has 0 bridgehead atoms. The van der Waals surface area contributed by atoms with Crippen molar-refractivity contribution in [2.45, 2.75) is 40.5 Å². The van der Waals surface area contributed by atoms with Gasteiger partial charge in [0.2, 0.25) is 0 Å². The second-order valence-corrected chi connectivity index (χ2v) is 3.01. The van der Waals surface area contributed by atoms with Gasteiger partial charge in [0.25, 0.3) is 0 Å². The van der Waals surface area contributed by atoms with Crippen LogP contribution in [0.3, 0.4) is 0 Å². The third kappa shape index (κ3) is 16.9. The molecule has 1 radical (unpaired) electrons. The van der Waals surface area contributed by atoms with Gasteiger partial charge in [-0.15, -0.1) is 0 Å². The van der Waals surface area contributed by atoms with Crippen molar-refractivity contribution < 1.29 is 26.5 Å². The van der Waals surface area contributed by atoms with Crippen LogP contribution in [-0.2, 0) is 21.6 Å². The molecule has 75 valence electrons. The molecule has 0 spiro atoms. The maximum atomic E-state index is 8.46. The van der Waals surface area contributed by atoms with Crippen molar-refractivity contribution in [2.24, 2.45) is 5.92 Å². The molecule has 12 heavy (non-hydrogen) atoms. The van der Waals surface area contributed by atoms with E-state index in [0.717, 1.165) is 5.92 Å². The normalized spacial score (nSPS) is 11.5. The predicted octanol–water partition coefficient (Wildman–Crippen LogP) is 3.22. The fourth-order valence-corrected chi connectivity index (χ4v) is 0.722. The van der Waals surface area contributed by atoms with Crippen molar-refractivity contribution in [3.63, 3.8) is 0 Å². The first kappa shape index (κ1) is 18.4. The molecular weight excluding hydrogens is 214 g/mol. The van der Waals surface area contributed by atoms with Crippen LogP contribution in [-0.4, -0.2) is 4.89 Å². The van der Waals surface area contributed by atoms with Crippen molar-refractivity contribution in [1.29, 1.82) is 0 Å². The zero-order chi connectivity index (χ0) is 9.28. The Labute approximate surface area is 87.9 Å². The van der Waals surface area contributed by atoms with Gasteiger partial charge in [-0.2, -0.15) is 19.8 Å². The third-order valence-electron chi connectivity index (χ3n) is 1.71. The average Bonchev–Trinajstić information content (AvgIpc) is 1.90. The summed E-state index contributed by atoms with van der Waals surface area (Å²) in [6.45, 7) is 8.94. The summed E-state index contributed by atoms with van der Waals surface area (Å²) in [6, 6.07) is 0. The number of rotatable bonds is 3. The zero-order valence-electron chi connectivity index (χ0n) is 8.17. The van der Waals surface area contributed by atoms with E-state index in [1.807, 2.05) is 0 Å². The Kier molecular flexibility index (Phi) is 21.6. The van der Waals surface area contributed by atoms with Crippen LogP contribution in [0.1, 0.15) is 40.5 Å². The molecule has 0 aromatic heterocycles. The van der Waals surface area contributed by atoms with E-state index in [1.165, 1.54) is 12.8 Å². The molecule has 0 aromatic rings. The van der Waals surface area contributed by atoms with E-state index in [-0.39, 0.29) is 17.1 Å². The van der Waals surface area contributed by atoms with Gasteiger partial charge in [-0.1, -0.05) is 26.7 Å². The Morgan fingerprint density at radius 2 is 1.83 bits per heavy atom. The van der Waals surface area contributed by atoms with Crippen molar-refractivity contribution in [1.82, 2.24) is 0 Å². The van der Waals surface area contributed by atoms with Gasteiger partial charge in [-0.3, -0.25) is 0 Å². The van der Waals surface area contributed by atoms with E-state index in [4.69, 9.17) is 9.46 Å². The van der Waals surface area contributed by atoms with Gasteiger partial charge in [0.05, 0.1) is 0 Å². The molecule has 0 aliphatic heterocycles. The van der Waals surface area contributed by atoms with Gasteiger partial charge >= 0.3 is 8.69 Å². The number of hydrogen-bond donors (Lipinski definition) is 1. The van der Waals surface area contributed by atoms with E-state index in [1.54, 1.807) is 5.92 Å². The SMILES string of the molecule is CCCC(C)[C-](C)C.O=PO.[Mn]. The summed E-state index contributed by atoms with van der Waals surface area (Å²) in [4.78, 5) is 6.99. The molecule has 4 heteroatoms. The van der Waals surface area contributed by atoms with Crippen LogP contribution in [0.5, 0.6) is 0 Å². The summed E-state index contributed by atoms with van der Waals surface area (Å²) in [7, 11) is -0.833. The Hall–Kier alpha value is 0.579. The van der Waals surface area contributed by atoms with Crippen LogP contribution in [0.15, 0.2) is 0 Å². The Balaban J connectivity index is -0.000000177. The van der Waals surface area contributed by atoms with E-state index in [0.29, 0.717) is 0 Å². The van der Waals surface area contributed by atoms with Gasteiger partial charge < -0.3 is 10.8 Å². The second kappa shape index (κ2) is 14.1. The summed E-state index contributed by atoms with van der Waals surface area (Å²) >= 11 is 0. The first-order chi connectivity index (χ1) is 5.09. The third-order valence-corrected chi connectivity index (χ3v) is 1.71. The zero-order valence-corrected chi connectivity index (χ0v) is 10.2. The molecule has 0 saturated heterocycles. The van der Waals surface area contributed by atoms with Crippen molar-refractivity contribution >= 4 is 8.69 Å². The minimum Gasteiger partial charge on any atom is -0.317 e. The minimum atomic E-state index is -0.833. The van der Waals surface area contributed by atoms with Gasteiger partial charge in [0.15, 0.2) is 0 Å². The van der Waals surface area contributed by atoms with E-state index < -0.39 is 8.69 Å². The molecule has 2 nitrogen and oxygen atoms in total. The summed E-state index contributed by atoms with van der Waals surface area (Å²) < 4.78 is 8.46. The molecule has 0 rings (SSSR count). The van der Waals surface area contributed by atoms with Crippen LogP contribution < -0.4 is 0 Å². The molecule has 0 aliphatic carbocycles. The Morgan fingerprint density at radius 1 is 1.50 bits per heavy atom. The minimum absolute atomic E-state index is 0. The topological polar surface area (TPSA) is 37.3 Å². The van der Waals surface area contributed by atoms with Gasteiger partial charge in [0.1, 0.15) is 0 Å². The summed E-state index contributed by atoms with van der Waals surface area (Å²) in [5.41, 5.74) is 0. The van der Waals surface area contributed by atoms with Crippen LogP contribution in [0.4, 0.5) is 0 Å². The second-order valence-electron chi connectivity index (χ2n) is 2.85. The molecular formula is C8H18MnO2P-. The average molecular weight is 232 g/mol. The van der Waals surface area contributed by atoms with Gasteiger partial charge in [0, 0.05) is 17.1 Å². The maximum Gasteiger partial charge on any atom is 0.324 e. The fraction of sp³-hybridized carbons (Fsp3) is 0.875. The van der Waals surface area contributed by atoms with E-state index in [2.05, 4.69) is 27.7 Å². The molecule has 1 atom stereocenters. The molecule has 0 aliphatic rings. The van der Waals surface area contributed by atoms with Crippen LogP contribution in [0.25, 0.3) is 0 Å². The smallest absolute Gasteiger partial charge is 0.317 e. The molecule has 0 aromatic carbocycles. The van der Waals surface area contributed by atoms with Crippen LogP contribution in [0, 0.1) is 11.8 Å². The van der Waals surface area contributed by atoms with Crippen LogP contribution in [0.2, 0.25) is 0 Å². The van der Waals surface area contributed by atoms with Crippen LogP contribution >= 0.6 is 8.69 Å². The maximum absolute atomic E-state index is 8.46. The van der Waals surface area contributed by atoms with Crippen molar-refractivity contribution in [3.8, 4) is 0 Å². The fourth-order valence-electron chi connectivity index (χ4n) is 0.722. The molecule has 1 N–H and O–H groups in total. The first-order valence-corrected chi connectivity index (χ1v) is 4.63. The van der Waals surface area contributed by atoms with Crippen molar-refractivity contribution in [3.05, 3.63) is 5.92 Å². The van der Waals surface area contributed by atoms with Gasteiger partial charge in [-0.05, 0) is 0 Å². The molecule has 0 amide bonds. The summed E-state index contributed by atoms with van der Waals surface area (Å²) in [6.07, 6.45) is 2.66. The van der Waals surface area contributed by atoms with E-state index >= 15 is 0 Å². The molecule has 0 fully saturated rings. The van der Waals surface area contributed by atoms with Crippen molar-refractivity contribution in [2.75, 3.05) is 0 Å². The Morgan fingerprint density at radius 3 is 1.92 bits per heavy atom. The molecule has 0 saturated carbocycles. The standard InChI is InChI=1S/C8H17.Mn.HO2P/c1-5-6-8(4)7(2)3;;1-3-2/h8H,5-6H2,1-4H3;;(H,1,2)/q-1;;. The molecule has 0 heterocycles.